The van der Waals surface area contributed by atoms with Crippen LogP contribution in [-0.4, -0.2) is 23.0 Å². The van der Waals surface area contributed by atoms with Crippen LogP contribution in [0, 0.1) is 0 Å². The average Bonchev–Trinajstić information content (AvgIpc) is 2.51. The summed E-state index contributed by atoms with van der Waals surface area (Å²) in [5.41, 5.74) is 7.50. The molecule has 0 saturated carbocycles. The fourth-order valence-corrected chi connectivity index (χ4v) is 3.73. The Labute approximate surface area is 132 Å². The number of hydrogen-bond acceptors (Lipinski definition) is 2. The predicted molar refractivity (Wildman–Crippen MR) is 87.5 cm³/mol. The fourth-order valence-electron chi connectivity index (χ4n) is 3.11. The highest BCUT2D eigenvalue weighted by atomic mass is 35.5. The van der Waals surface area contributed by atoms with Crippen LogP contribution in [0.25, 0.3) is 0 Å². The molecule has 1 aromatic rings. The normalized spacial score (nSPS) is 25.5. The van der Waals surface area contributed by atoms with Gasteiger partial charge in [0.2, 0.25) is 0 Å². The van der Waals surface area contributed by atoms with Gasteiger partial charge in [-0.25, -0.2) is 0 Å². The molecule has 0 amide bonds. The van der Waals surface area contributed by atoms with E-state index in [1.807, 2.05) is 18.2 Å². The highest BCUT2D eigenvalue weighted by Crippen LogP contribution is 2.40. The molecule has 1 aromatic carbocycles. The molecule has 0 aromatic heterocycles. The smallest absolute Gasteiger partial charge is 0.0533 e. The molecule has 1 aliphatic heterocycles. The van der Waals surface area contributed by atoms with E-state index < -0.39 is 0 Å². The molecule has 2 nitrogen and oxygen atoms in total. The van der Waals surface area contributed by atoms with Crippen LogP contribution < -0.4 is 5.73 Å². The molecule has 1 heterocycles. The van der Waals surface area contributed by atoms with Gasteiger partial charge in [-0.1, -0.05) is 35.7 Å². The number of benzene rings is 1. The number of hydrogen-bond donors (Lipinski definition) is 1. The summed E-state index contributed by atoms with van der Waals surface area (Å²) < 4.78 is 0. The molecule has 1 saturated heterocycles. The second kappa shape index (κ2) is 6.23. The standard InChI is InChI=1S/C16H24Cl2N2/c1-16(2,3)20-10-5-4-9-13(19)15(20)14-11(17)7-6-8-12(14)18/h6-8,13,15H,4-5,9-10,19H2,1-3H3. The van der Waals surface area contributed by atoms with Crippen molar-refractivity contribution in [2.24, 2.45) is 5.73 Å². The molecule has 4 heteroatoms. The Bertz CT molecular complexity index is 448. The van der Waals surface area contributed by atoms with E-state index in [4.69, 9.17) is 28.9 Å². The zero-order valence-corrected chi connectivity index (χ0v) is 14.0. The quantitative estimate of drug-likeness (QED) is 0.817. The monoisotopic (exact) mass is 314 g/mol. The number of rotatable bonds is 1. The summed E-state index contributed by atoms with van der Waals surface area (Å²) in [7, 11) is 0. The lowest BCUT2D eigenvalue weighted by atomic mass is 9.92. The van der Waals surface area contributed by atoms with Crippen LogP contribution in [0.2, 0.25) is 10.0 Å². The van der Waals surface area contributed by atoms with Crippen molar-refractivity contribution in [3.8, 4) is 0 Å². The second-order valence-electron chi connectivity index (χ2n) is 6.60. The summed E-state index contributed by atoms with van der Waals surface area (Å²) >= 11 is 12.9. The topological polar surface area (TPSA) is 29.3 Å². The first kappa shape index (κ1) is 16.1. The Hall–Kier alpha value is -0.280. The van der Waals surface area contributed by atoms with E-state index >= 15 is 0 Å². The third-order valence-electron chi connectivity index (χ3n) is 4.08. The summed E-state index contributed by atoms with van der Waals surface area (Å²) in [6, 6.07) is 5.84. The summed E-state index contributed by atoms with van der Waals surface area (Å²) in [5, 5.41) is 1.43. The van der Waals surface area contributed by atoms with Crippen molar-refractivity contribution in [3.63, 3.8) is 0 Å². The second-order valence-corrected chi connectivity index (χ2v) is 7.42. The summed E-state index contributed by atoms with van der Waals surface area (Å²) in [6.07, 6.45) is 3.34. The molecule has 0 bridgehead atoms. The van der Waals surface area contributed by atoms with Crippen molar-refractivity contribution >= 4 is 23.2 Å². The van der Waals surface area contributed by atoms with Gasteiger partial charge in [0.1, 0.15) is 0 Å². The van der Waals surface area contributed by atoms with Crippen molar-refractivity contribution in [1.29, 1.82) is 0 Å². The summed E-state index contributed by atoms with van der Waals surface area (Å²) in [4.78, 5) is 2.46. The van der Waals surface area contributed by atoms with E-state index in [0.717, 1.165) is 24.9 Å². The van der Waals surface area contributed by atoms with E-state index in [1.54, 1.807) is 0 Å². The van der Waals surface area contributed by atoms with Crippen LogP contribution in [0.15, 0.2) is 18.2 Å². The number of nitrogens with zero attached hydrogens (tertiary/aromatic N) is 1. The first-order chi connectivity index (χ1) is 9.32. The minimum Gasteiger partial charge on any atom is -0.326 e. The van der Waals surface area contributed by atoms with Crippen LogP contribution in [0.5, 0.6) is 0 Å². The highest BCUT2D eigenvalue weighted by molar-refractivity contribution is 6.36. The van der Waals surface area contributed by atoms with E-state index in [0.29, 0.717) is 10.0 Å². The lowest BCUT2D eigenvalue weighted by molar-refractivity contribution is 0.0756. The molecule has 1 aliphatic rings. The minimum atomic E-state index is 0.0368. The maximum absolute atomic E-state index is 6.48. The van der Waals surface area contributed by atoms with Gasteiger partial charge >= 0.3 is 0 Å². The van der Waals surface area contributed by atoms with Crippen LogP contribution in [0.4, 0.5) is 0 Å². The van der Waals surface area contributed by atoms with Gasteiger partial charge in [-0.2, -0.15) is 0 Å². The molecular formula is C16H24Cl2N2. The Kier molecular flexibility index (Phi) is 5.01. The largest absolute Gasteiger partial charge is 0.326 e. The molecule has 20 heavy (non-hydrogen) atoms. The van der Waals surface area contributed by atoms with Crippen molar-refractivity contribution < 1.29 is 0 Å². The van der Waals surface area contributed by atoms with Crippen LogP contribution in [0.1, 0.15) is 51.6 Å². The van der Waals surface area contributed by atoms with Gasteiger partial charge in [-0.15, -0.1) is 0 Å². The van der Waals surface area contributed by atoms with Gasteiger partial charge in [0.15, 0.2) is 0 Å². The molecule has 2 rings (SSSR count). The Morgan fingerprint density at radius 1 is 1.15 bits per heavy atom. The predicted octanol–water partition coefficient (Wildman–Crippen LogP) is 4.65. The molecule has 2 unspecified atom stereocenters. The zero-order chi connectivity index (χ0) is 14.9. The Morgan fingerprint density at radius 2 is 1.75 bits per heavy atom. The third kappa shape index (κ3) is 3.30. The van der Waals surface area contributed by atoms with Gasteiger partial charge < -0.3 is 5.73 Å². The molecular weight excluding hydrogens is 291 g/mol. The number of halogens is 2. The molecule has 112 valence electrons. The Balaban J connectivity index is 2.51. The van der Waals surface area contributed by atoms with Crippen LogP contribution in [-0.2, 0) is 0 Å². The number of likely N-dealkylation sites (tertiary alicyclic amines) is 1. The van der Waals surface area contributed by atoms with Gasteiger partial charge in [-0.3, -0.25) is 4.90 Å². The summed E-state index contributed by atoms with van der Waals surface area (Å²) in [6.45, 7) is 7.71. The van der Waals surface area contributed by atoms with Gasteiger partial charge in [0.25, 0.3) is 0 Å². The van der Waals surface area contributed by atoms with Crippen LogP contribution >= 0.6 is 23.2 Å². The van der Waals surface area contributed by atoms with Crippen LogP contribution in [0.3, 0.4) is 0 Å². The van der Waals surface area contributed by atoms with Crippen molar-refractivity contribution in [1.82, 2.24) is 4.90 Å². The molecule has 0 aliphatic carbocycles. The highest BCUT2D eigenvalue weighted by Gasteiger charge is 2.37. The van der Waals surface area contributed by atoms with Gasteiger partial charge in [0.05, 0.1) is 6.04 Å². The minimum absolute atomic E-state index is 0.0368. The van der Waals surface area contributed by atoms with Gasteiger partial charge in [0, 0.05) is 27.2 Å². The number of nitrogens with two attached hydrogens (primary N) is 1. The van der Waals surface area contributed by atoms with E-state index in [2.05, 4.69) is 25.7 Å². The summed E-state index contributed by atoms with van der Waals surface area (Å²) in [5.74, 6) is 0. The lowest BCUT2D eigenvalue weighted by Crippen LogP contribution is -2.49. The molecule has 0 spiro atoms. The first-order valence-electron chi connectivity index (χ1n) is 7.28. The van der Waals surface area contributed by atoms with E-state index in [9.17, 15) is 0 Å². The fraction of sp³-hybridized carbons (Fsp3) is 0.625. The molecule has 1 fully saturated rings. The van der Waals surface area contributed by atoms with E-state index in [-0.39, 0.29) is 17.6 Å². The maximum atomic E-state index is 6.48. The molecule has 2 N–H and O–H groups in total. The molecule has 0 radical (unpaired) electrons. The van der Waals surface area contributed by atoms with Crippen molar-refractivity contribution in [3.05, 3.63) is 33.8 Å². The SMILES string of the molecule is CC(C)(C)N1CCCCC(N)C1c1c(Cl)cccc1Cl. The van der Waals surface area contributed by atoms with Crippen molar-refractivity contribution in [2.45, 2.75) is 57.7 Å². The van der Waals surface area contributed by atoms with E-state index in [1.165, 1.54) is 6.42 Å². The zero-order valence-electron chi connectivity index (χ0n) is 12.5. The first-order valence-corrected chi connectivity index (χ1v) is 8.04. The lowest BCUT2D eigenvalue weighted by Gasteiger charge is -2.43. The Morgan fingerprint density at radius 3 is 2.30 bits per heavy atom. The van der Waals surface area contributed by atoms with Gasteiger partial charge in [-0.05, 0) is 52.3 Å². The maximum Gasteiger partial charge on any atom is 0.0533 e. The molecule has 2 atom stereocenters. The average molecular weight is 315 g/mol. The van der Waals surface area contributed by atoms with Crippen molar-refractivity contribution in [2.75, 3.05) is 6.54 Å². The third-order valence-corrected chi connectivity index (χ3v) is 4.74.